The number of aromatic amines is 1. The number of para-hydroxylation sites is 1. The van der Waals surface area contributed by atoms with Gasteiger partial charge in [0.15, 0.2) is 5.69 Å². The lowest BCUT2D eigenvalue weighted by molar-refractivity contribution is 0.0936. The van der Waals surface area contributed by atoms with E-state index in [9.17, 15) is 9.59 Å². The highest BCUT2D eigenvalue weighted by atomic mass is 16.5. The Balaban J connectivity index is 1.80. The summed E-state index contributed by atoms with van der Waals surface area (Å²) in [6.45, 7) is 0. The van der Waals surface area contributed by atoms with E-state index in [0.29, 0.717) is 22.3 Å². The predicted molar refractivity (Wildman–Crippen MR) is 108 cm³/mol. The molecule has 2 heterocycles. The molecule has 2 N–H and O–H groups in total. The van der Waals surface area contributed by atoms with Crippen molar-refractivity contribution >= 4 is 16.7 Å². The summed E-state index contributed by atoms with van der Waals surface area (Å²) in [6, 6.07) is 13.7. The Hall–Kier alpha value is -3.94. The fourth-order valence-corrected chi connectivity index (χ4v) is 3.33. The molecule has 8 heteroatoms. The highest BCUT2D eigenvalue weighted by molar-refractivity contribution is 6.04. The molecule has 2 aromatic heterocycles. The van der Waals surface area contributed by atoms with E-state index in [1.807, 2.05) is 35.9 Å². The van der Waals surface area contributed by atoms with Crippen LogP contribution in [-0.2, 0) is 7.05 Å². The van der Waals surface area contributed by atoms with Crippen molar-refractivity contribution in [2.45, 2.75) is 6.04 Å². The Morgan fingerprint density at radius 2 is 1.86 bits per heavy atom. The second-order valence-electron chi connectivity index (χ2n) is 6.49. The van der Waals surface area contributed by atoms with E-state index < -0.39 is 11.9 Å². The number of rotatable bonds is 5. The topological polar surface area (TPSA) is 102 Å². The predicted octanol–water partition coefficient (Wildman–Crippen LogP) is 2.18. The van der Waals surface area contributed by atoms with Gasteiger partial charge >= 0.3 is 0 Å². The van der Waals surface area contributed by atoms with Gasteiger partial charge in [0.1, 0.15) is 17.6 Å². The van der Waals surface area contributed by atoms with Crippen LogP contribution in [0.3, 0.4) is 0 Å². The maximum absolute atomic E-state index is 13.2. The minimum atomic E-state index is -0.578. The molecular weight excluding hydrogens is 370 g/mol. The molecule has 0 aliphatic heterocycles. The van der Waals surface area contributed by atoms with Crippen LogP contribution in [0.4, 0.5) is 0 Å². The van der Waals surface area contributed by atoms with Crippen LogP contribution < -0.4 is 15.6 Å². The molecule has 0 saturated carbocycles. The molecule has 0 bridgehead atoms. The third-order valence-corrected chi connectivity index (χ3v) is 4.75. The number of carbonyl (C=O) groups is 1. The second kappa shape index (κ2) is 7.59. The van der Waals surface area contributed by atoms with Gasteiger partial charge in [-0.1, -0.05) is 36.4 Å². The first-order valence-corrected chi connectivity index (χ1v) is 8.98. The number of nitrogens with zero attached hydrogens (tertiary/aromatic N) is 3. The molecule has 1 amide bonds. The molecule has 146 valence electrons. The van der Waals surface area contributed by atoms with Crippen LogP contribution >= 0.6 is 0 Å². The van der Waals surface area contributed by atoms with Crippen molar-refractivity contribution in [3.63, 3.8) is 0 Å². The van der Waals surface area contributed by atoms with E-state index in [1.165, 1.54) is 0 Å². The number of H-pyrrole nitrogens is 1. The molecule has 1 unspecified atom stereocenters. The van der Waals surface area contributed by atoms with Crippen molar-refractivity contribution in [2.75, 3.05) is 7.11 Å². The fourth-order valence-electron chi connectivity index (χ4n) is 3.33. The van der Waals surface area contributed by atoms with Gasteiger partial charge in [-0.15, -0.1) is 0 Å². The Morgan fingerprint density at radius 3 is 2.59 bits per heavy atom. The Bertz CT molecular complexity index is 1240. The number of fused-ring (bicyclic) bond motifs is 1. The average Bonchev–Trinajstić information content (AvgIpc) is 3.18. The SMILES string of the molecule is COc1ccccc1C(NC(=O)c1n[nH]c(=O)c2ccccc12)c1nccn1C. The number of aryl methyl sites for hydroxylation is 1. The first kappa shape index (κ1) is 18.4. The van der Waals surface area contributed by atoms with E-state index in [4.69, 9.17) is 4.74 Å². The zero-order valence-electron chi connectivity index (χ0n) is 15.9. The van der Waals surface area contributed by atoms with E-state index in [2.05, 4.69) is 20.5 Å². The summed E-state index contributed by atoms with van der Waals surface area (Å²) in [6.07, 6.45) is 3.47. The van der Waals surface area contributed by atoms with Gasteiger partial charge in [0.05, 0.1) is 12.5 Å². The molecule has 8 nitrogen and oxygen atoms in total. The van der Waals surface area contributed by atoms with Gasteiger partial charge in [-0.25, -0.2) is 10.1 Å². The molecule has 29 heavy (non-hydrogen) atoms. The fraction of sp³-hybridized carbons (Fsp3) is 0.143. The maximum Gasteiger partial charge on any atom is 0.273 e. The van der Waals surface area contributed by atoms with Crippen LogP contribution in [0, 0.1) is 0 Å². The van der Waals surface area contributed by atoms with Gasteiger partial charge in [-0.2, -0.15) is 5.10 Å². The number of nitrogens with one attached hydrogen (secondary N) is 2. The number of amides is 1. The Kier molecular flexibility index (Phi) is 4.82. The highest BCUT2D eigenvalue weighted by Crippen LogP contribution is 2.29. The van der Waals surface area contributed by atoms with E-state index in [0.717, 1.165) is 5.56 Å². The summed E-state index contributed by atoms with van der Waals surface area (Å²) in [5, 5.41) is 10.3. The molecule has 0 saturated heterocycles. The molecule has 0 fully saturated rings. The van der Waals surface area contributed by atoms with Crippen LogP contribution in [0.1, 0.15) is 27.9 Å². The number of carbonyl (C=O) groups excluding carboxylic acids is 1. The van der Waals surface area contributed by atoms with Crippen molar-refractivity contribution in [3.05, 3.63) is 88.4 Å². The molecule has 4 aromatic rings. The summed E-state index contributed by atoms with van der Waals surface area (Å²) in [5.74, 6) is 0.827. The van der Waals surface area contributed by atoms with E-state index in [1.54, 1.807) is 43.8 Å². The highest BCUT2D eigenvalue weighted by Gasteiger charge is 2.26. The monoisotopic (exact) mass is 389 g/mol. The van der Waals surface area contributed by atoms with Gasteiger partial charge < -0.3 is 14.6 Å². The number of benzene rings is 2. The van der Waals surface area contributed by atoms with Crippen LogP contribution in [-0.4, -0.2) is 32.8 Å². The van der Waals surface area contributed by atoms with E-state index >= 15 is 0 Å². The zero-order valence-corrected chi connectivity index (χ0v) is 15.9. The molecule has 2 aromatic carbocycles. The van der Waals surface area contributed by atoms with Gasteiger partial charge in [0.2, 0.25) is 0 Å². The minimum Gasteiger partial charge on any atom is -0.496 e. The summed E-state index contributed by atoms with van der Waals surface area (Å²) in [7, 11) is 3.43. The standard InChI is InChI=1S/C21H19N5O3/c1-26-12-11-22-19(26)17(15-9-5-6-10-16(15)29-2)23-21(28)18-13-7-3-4-8-14(13)20(27)25-24-18/h3-12,17H,1-2H3,(H,23,28)(H,25,27). The van der Waals surface area contributed by atoms with Crippen molar-refractivity contribution in [3.8, 4) is 5.75 Å². The Labute approximate surface area is 166 Å². The lowest BCUT2D eigenvalue weighted by Gasteiger charge is -2.21. The van der Waals surface area contributed by atoms with Crippen LogP contribution in [0.15, 0.2) is 65.7 Å². The zero-order chi connectivity index (χ0) is 20.4. The third-order valence-electron chi connectivity index (χ3n) is 4.75. The number of ether oxygens (including phenoxy) is 1. The van der Waals surface area contributed by atoms with Crippen molar-refractivity contribution in [1.82, 2.24) is 25.1 Å². The minimum absolute atomic E-state index is 0.134. The summed E-state index contributed by atoms with van der Waals surface area (Å²) < 4.78 is 7.32. The first-order chi connectivity index (χ1) is 14.1. The van der Waals surface area contributed by atoms with Gasteiger partial charge in [0, 0.05) is 30.4 Å². The largest absolute Gasteiger partial charge is 0.496 e. The second-order valence-corrected chi connectivity index (χ2v) is 6.49. The normalized spacial score (nSPS) is 11.9. The smallest absolute Gasteiger partial charge is 0.273 e. The quantitative estimate of drug-likeness (QED) is 0.545. The van der Waals surface area contributed by atoms with Crippen LogP contribution in [0.5, 0.6) is 5.75 Å². The van der Waals surface area contributed by atoms with Crippen molar-refractivity contribution in [2.24, 2.45) is 7.05 Å². The van der Waals surface area contributed by atoms with Crippen LogP contribution in [0.25, 0.3) is 10.8 Å². The number of hydrogen-bond acceptors (Lipinski definition) is 5. The maximum atomic E-state index is 13.2. The first-order valence-electron chi connectivity index (χ1n) is 8.98. The number of hydrogen-bond donors (Lipinski definition) is 2. The third kappa shape index (κ3) is 3.36. The molecule has 1 atom stereocenters. The van der Waals surface area contributed by atoms with E-state index in [-0.39, 0.29) is 11.3 Å². The van der Waals surface area contributed by atoms with Gasteiger partial charge in [-0.3, -0.25) is 9.59 Å². The Morgan fingerprint density at radius 1 is 1.14 bits per heavy atom. The molecule has 0 aliphatic rings. The summed E-state index contributed by atoms with van der Waals surface area (Å²) in [4.78, 5) is 29.6. The van der Waals surface area contributed by atoms with Crippen molar-refractivity contribution < 1.29 is 9.53 Å². The van der Waals surface area contributed by atoms with Crippen LogP contribution in [0.2, 0.25) is 0 Å². The molecule has 0 spiro atoms. The number of methoxy groups -OCH3 is 1. The number of aromatic nitrogens is 4. The summed E-state index contributed by atoms with van der Waals surface area (Å²) >= 11 is 0. The lowest BCUT2D eigenvalue weighted by atomic mass is 10.0. The van der Waals surface area contributed by atoms with Crippen molar-refractivity contribution in [1.29, 1.82) is 0 Å². The summed E-state index contributed by atoms with van der Waals surface area (Å²) in [5.41, 5.74) is 0.545. The average molecular weight is 389 g/mol. The number of imidazole rings is 1. The molecular formula is C21H19N5O3. The molecule has 4 rings (SSSR count). The molecule has 0 aliphatic carbocycles. The lowest BCUT2D eigenvalue weighted by Crippen LogP contribution is -2.33. The molecule has 0 radical (unpaired) electrons. The van der Waals surface area contributed by atoms with Gasteiger partial charge in [0.25, 0.3) is 11.5 Å². The van der Waals surface area contributed by atoms with Gasteiger partial charge in [-0.05, 0) is 12.1 Å².